The van der Waals surface area contributed by atoms with Crippen molar-refractivity contribution in [2.75, 3.05) is 4.72 Å². The summed E-state index contributed by atoms with van der Waals surface area (Å²) in [7, 11) is -4.33. The highest BCUT2D eigenvalue weighted by molar-refractivity contribution is 7.92. The number of hydrogen-bond donors (Lipinski definition) is 1. The van der Waals surface area contributed by atoms with Gasteiger partial charge in [-0.15, -0.1) is 0 Å². The van der Waals surface area contributed by atoms with Gasteiger partial charge in [-0.25, -0.2) is 8.42 Å². The van der Waals surface area contributed by atoms with Gasteiger partial charge in [-0.3, -0.25) is 14.1 Å². The summed E-state index contributed by atoms with van der Waals surface area (Å²) in [5.41, 5.74) is -0.461. The highest BCUT2D eigenvalue weighted by Crippen LogP contribution is 2.35. The molecule has 0 aliphatic rings. The predicted molar refractivity (Wildman–Crippen MR) is 119 cm³/mol. The number of fused-ring (bicyclic) bond motifs is 1. The monoisotopic (exact) mass is 498 g/mol. The van der Waals surface area contributed by atoms with E-state index in [4.69, 9.17) is 11.6 Å². The Morgan fingerprint density at radius 3 is 2.41 bits per heavy atom. The zero-order valence-corrected chi connectivity index (χ0v) is 18.4. The van der Waals surface area contributed by atoms with Crippen LogP contribution < -0.4 is 9.60 Å². The van der Waals surface area contributed by atoms with Crippen LogP contribution in [0.3, 0.4) is 0 Å². The molecule has 4 rings (SSSR count). The Morgan fingerprint density at radius 2 is 1.69 bits per heavy atom. The highest BCUT2D eigenvalue weighted by atomic mass is 35.5. The molecule has 0 amide bonds. The van der Waals surface area contributed by atoms with Gasteiger partial charge in [-0.05, 0) is 42.0 Å². The summed E-state index contributed by atoms with van der Waals surface area (Å²) >= 11 is 7.01. The van der Waals surface area contributed by atoms with Crippen LogP contribution in [0, 0.1) is 0 Å². The summed E-state index contributed by atoms with van der Waals surface area (Å²) in [6.07, 6.45) is -4.72. The molecule has 1 N–H and O–H groups in total. The molecule has 166 valence electrons. The fraction of sp³-hybridized carbons (Fsp3) is 0.0952. The molecule has 4 aromatic rings. The lowest BCUT2D eigenvalue weighted by Crippen LogP contribution is -2.17. The first-order valence-corrected chi connectivity index (χ1v) is 11.8. The minimum atomic E-state index is -4.72. The molecular formula is C21H14ClF3N2O3S2. The van der Waals surface area contributed by atoms with E-state index in [1.807, 2.05) is 4.72 Å². The van der Waals surface area contributed by atoms with Crippen LogP contribution >= 0.6 is 22.9 Å². The highest BCUT2D eigenvalue weighted by Gasteiger charge is 2.34. The maximum atomic E-state index is 13.2. The fourth-order valence-corrected chi connectivity index (χ4v) is 5.49. The first kappa shape index (κ1) is 22.4. The fourth-order valence-electron chi connectivity index (χ4n) is 3.18. The first-order valence-electron chi connectivity index (χ1n) is 9.12. The van der Waals surface area contributed by atoms with Gasteiger partial charge in [0.15, 0.2) is 0 Å². The molecule has 0 spiro atoms. The molecule has 0 radical (unpaired) electrons. The van der Waals surface area contributed by atoms with Gasteiger partial charge in [0.1, 0.15) is 0 Å². The van der Waals surface area contributed by atoms with Gasteiger partial charge in [-0.2, -0.15) is 13.2 Å². The van der Waals surface area contributed by atoms with Crippen molar-refractivity contribution in [2.24, 2.45) is 0 Å². The van der Waals surface area contributed by atoms with Crippen molar-refractivity contribution in [1.82, 2.24) is 4.57 Å². The van der Waals surface area contributed by atoms with Gasteiger partial charge in [-0.1, -0.05) is 53.3 Å². The molecule has 0 aliphatic carbocycles. The van der Waals surface area contributed by atoms with Crippen LogP contribution in [-0.2, 0) is 22.7 Å². The van der Waals surface area contributed by atoms with E-state index in [0.29, 0.717) is 15.2 Å². The van der Waals surface area contributed by atoms with Crippen molar-refractivity contribution in [3.63, 3.8) is 0 Å². The number of hydrogen-bond acceptors (Lipinski definition) is 4. The molecule has 0 saturated carbocycles. The molecule has 1 heterocycles. The maximum absolute atomic E-state index is 13.2. The molecule has 32 heavy (non-hydrogen) atoms. The number of nitrogens with one attached hydrogen (secondary N) is 1. The smallest absolute Gasteiger partial charge is 0.294 e. The van der Waals surface area contributed by atoms with Crippen LogP contribution in [0.1, 0.15) is 11.1 Å². The van der Waals surface area contributed by atoms with Gasteiger partial charge in [0, 0.05) is 5.02 Å². The van der Waals surface area contributed by atoms with Crippen LogP contribution in [-0.4, -0.2) is 13.0 Å². The van der Waals surface area contributed by atoms with Crippen LogP contribution in [0.2, 0.25) is 5.02 Å². The number of benzene rings is 3. The van der Waals surface area contributed by atoms with Crippen molar-refractivity contribution < 1.29 is 21.6 Å². The third kappa shape index (κ3) is 4.38. The summed E-state index contributed by atoms with van der Waals surface area (Å²) in [6, 6.07) is 15.3. The Balaban J connectivity index is 1.71. The Labute approximate surface area is 189 Å². The summed E-state index contributed by atoms with van der Waals surface area (Å²) in [6.45, 7) is 0.196. The van der Waals surface area contributed by atoms with Crippen molar-refractivity contribution in [1.29, 1.82) is 0 Å². The maximum Gasteiger partial charge on any atom is 0.418 e. The summed E-state index contributed by atoms with van der Waals surface area (Å²) < 4.78 is 69.0. The zero-order chi connectivity index (χ0) is 23.1. The lowest BCUT2D eigenvalue weighted by molar-refractivity contribution is -0.136. The SMILES string of the molecule is O=c1sc2cc(S(=O)(=O)Nc3ccccc3C(F)(F)F)ccc2n1Cc1ccccc1Cl. The van der Waals surface area contributed by atoms with Crippen LogP contribution in [0.25, 0.3) is 10.2 Å². The molecule has 0 unspecified atom stereocenters. The number of para-hydroxylation sites is 1. The van der Waals surface area contributed by atoms with Crippen molar-refractivity contribution >= 4 is 48.9 Å². The minimum absolute atomic E-state index is 0.196. The molecule has 0 saturated heterocycles. The molecule has 0 bridgehead atoms. The normalized spacial score (nSPS) is 12.2. The van der Waals surface area contributed by atoms with Gasteiger partial charge in [0.05, 0.1) is 32.9 Å². The van der Waals surface area contributed by atoms with Crippen molar-refractivity contribution in [2.45, 2.75) is 17.6 Å². The van der Waals surface area contributed by atoms with E-state index < -0.39 is 27.5 Å². The lowest BCUT2D eigenvalue weighted by Gasteiger charge is -2.14. The topological polar surface area (TPSA) is 68.2 Å². The molecule has 3 aromatic carbocycles. The number of rotatable bonds is 5. The van der Waals surface area contributed by atoms with Crippen LogP contribution in [0.4, 0.5) is 18.9 Å². The Kier molecular flexibility index (Phi) is 5.78. The van der Waals surface area contributed by atoms with E-state index in [-0.39, 0.29) is 16.3 Å². The number of aromatic nitrogens is 1. The van der Waals surface area contributed by atoms with E-state index in [9.17, 15) is 26.4 Å². The first-order chi connectivity index (χ1) is 15.1. The van der Waals surface area contributed by atoms with Crippen molar-refractivity contribution in [3.05, 3.63) is 92.5 Å². The predicted octanol–water partition coefficient (Wildman–Crippen LogP) is 5.58. The molecule has 5 nitrogen and oxygen atoms in total. The standard InChI is InChI=1S/C21H14ClF3N2O3S2/c22-16-7-3-1-5-13(16)12-27-18-10-9-14(11-19(18)31-20(27)28)32(29,30)26-17-8-4-2-6-15(17)21(23,24)25/h1-11,26H,12H2. The number of halogens is 4. The molecule has 0 atom stereocenters. The summed E-state index contributed by atoms with van der Waals surface area (Å²) in [5.74, 6) is 0. The molecule has 1 aromatic heterocycles. The van der Waals surface area contributed by atoms with Gasteiger partial charge >= 0.3 is 11.0 Å². The third-order valence-corrected chi connectivity index (χ3v) is 7.39. The quantitative estimate of drug-likeness (QED) is 0.390. The Bertz CT molecular complexity index is 1480. The molecule has 11 heteroatoms. The van der Waals surface area contributed by atoms with Gasteiger partial charge in [0.2, 0.25) is 0 Å². The Morgan fingerprint density at radius 1 is 1.00 bits per heavy atom. The second-order valence-corrected chi connectivity index (χ2v) is 9.91. The Hall–Kier alpha value is -2.82. The zero-order valence-electron chi connectivity index (χ0n) is 16.1. The van der Waals surface area contributed by atoms with E-state index in [1.54, 1.807) is 24.3 Å². The average Bonchev–Trinajstić information content (AvgIpc) is 3.03. The number of sulfonamides is 1. The van der Waals surface area contributed by atoms with E-state index in [0.717, 1.165) is 29.0 Å². The second kappa shape index (κ2) is 8.27. The summed E-state index contributed by atoms with van der Waals surface area (Å²) in [4.78, 5) is 11.9. The van der Waals surface area contributed by atoms with Crippen LogP contribution in [0.15, 0.2) is 76.4 Å². The second-order valence-electron chi connectivity index (χ2n) is 6.82. The van der Waals surface area contributed by atoms with E-state index in [1.165, 1.54) is 34.9 Å². The third-order valence-electron chi connectivity index (χ3n) is 4.71. The number of thiazole rings is 1. The largest absolute Gasteiger partial charge is 0.418 e. The van der Waals surface area contributed by atoms with Crippen molar-refractivity contribution in [3.8, 4) is 0 Å². The van der Waals surface area contributed by atoms with Crippen LogP contribution in [0.5, 0.6) is 0 Å². The van der Waals surface area contributed by atoms with Gasteiger partial charge in [0.25, 0.3) is 10.0 Å². The minimum Gasteiger partial charge on any atom is -0.294 e. The summed E-state index contributed by atoms with van der Waals surface area (Å²) in [5, 5.41) is 0.491. The molecule has 0 aliphatic heterocycles. The van der Waals surface area contributed by atoms with Gasteiger partial charge < -0.3 is 0 Å². The number of anilines is 1. The average molecular weight is 499 g/mol. The molecule has 0 fully saturated rings. The van der Waals surface area contributed by atoms with E-state index in [2.05, 4.69) is 0 Å². The van der Waals surface area contributed by atoms with E-state index >= 15 is 0 Å². The number of alkyl halides is 3. The molecular weight excluding hydrogens is 485 g/mol. The lowest BCUT2D eigenvalue weighted by atomic mass is 10.2. The number of nitrogens with zero attached hydrogens (tertiary/aromatic N) is 1.